The minimum atomic E-state index is -3.58. The average Bonchev–Trinajstić information content (AvgIpc) is 3.02. The lowest BCUT2D eigenvalue weighted by Gasteiger charge is -2.07. The molecule has 0 aliphatic carbocycles. The number of nitrogens with one attached hydrogen (secondary N) is 2. The van der Waals surface area contributed by atoms with E-state index in [2.05, 4.69) is 10.0 Å². The van der Waals surface area contributed by atoms with E-state index in [-0.39, 0.29) is 16.7 Å². The lowest BCUT2D eigenvalue weighted by Crippen LogP contribution is -2.22. The van der Waals surface area contributed by atoms with E-state index in [0.29, 0.717) is 13.2 Å². The van der Waals surface area contributed by atoms with Gasteiger partial charge in [-0.2, -0.15) is 0 Å². The summed E-state index contributed by atoms with van der Waals surface area (Å²) >= 11 is 1.14. The zero-order valence-electron chi connectivity index (χ0n) is 13.5. The number of benzene rings is 1. The second-order valence-corrected chi connectivity index (χ2v) is 8.37. The number of ether oxygens (including phenoxy) is 1. The van der Waals surface area contributed by atoms with Crippen molar-refractivity contribution in [3.8, 4) is 0 Å². The van der Waals surface area contributed by atoms with Crippen molar-refractivity contribution in [2.45, 2.75) is 30.8 Å². The molecule has 0 aliphatic rings. The van der Waals surface area contributed by atoms with E-state index in [4.69, 9.17) is 4.74 Å². The molecule has 2 rings (SSSR count). The van der Waals surface area contributed by atoms with E-state index in [9.17, 15) is 13.2 Å². The molecule has 1 aromatic carbocycles. The third kappa shape index (κ3) is 5.41. The Kier molecular flexibility index (Phi) is 6.50. The molecular weight excluding hydrogens is 348 g/mol. The van der Waals surface area contributed by atoms with Crippen LogP contribution in [-0.4, -0.2) is 21.4 Å². The molecule has 0 fully saturated rings. The summed E-state index contributed by atoms with van der Waals surface area (Å²) in [5.74, 6) is -0.151. The van der Waals surface area contributed by atoms with Crippen LogP contribution in [0.25, 0.3) is 0 Å². The van der Waals surface area contributed by atoms with Crippen LogP contribution in [0, 0.1) is 0 Å². The highest BCUT2D eigenvalue weighted by atomic mass is 32.2. The molecule has 8 heteroatoms. The standard InChI is InChI=1S/C16H20N2O4S2/c1-12(19)17-10-15-6-7-16(23-15)24(20,21)18-9-13-4-3-5-14(8-13)11-22-2/h3-8,18H,9-11H2,1-2H3,(H,17,19). The fourth-order valence-electron chi connectivity index (χ4n) is 2.05. The Morgan fingerprint density at radius 2 is 1.92 bits per heavy atom. The fraction of sp³-hybridized carbons (Fsp3) is 0.312. The molecule has 1 heterocycles. The van der Waals surface area contributed by atoms with Crippen LogP contribution < -0.4 is 10.0 Å². The van der Waals surface area contributed by atoms with Gasteiger partial charge in [-0.1, -0.05) is 24.3 Å². The lowest BCUT2D eigenvalue weighted by atomic mass is 10.1. The molecule has 0 bridgehead atoms. The predicted octanol–water partition coefficient (Wildman–Crippen LogP) is 2.01. The average molecular weight is 368 g/mol. The van der Waals surface area contributed by atoms with Crippen LogP contribution in [0.3, 0.4) is 0 Å². The van der Waals surface area contributed by atoms with Gasteiger partial charge in [0.1, 0.15) is 4.21 Å². The first-order valence-electron chi connectivity index (χ1n) is 7.30. The van der Waals surface area contributed by atoms with Gasteiger partial charge in [0.05, 0.1) is 13.2 Å². The van der Waals surface area contributed by atoms with Gasteiger partial charge in [0, 0.05) is 25.5 Å². The molecule has 6 nitrogen and oxygen atoms in total. The summed E-state index contributed by atoms with van der Waals surface area (Å²) in [5, 5.41) is 2.65. The number of rotatable bonds is 8. The quantitative estimate of drug-likeness (QED) is 0.746. The number of methoxy groups -OCH3 is 1. The highest BCUT2D eigenvalue weighted by Crippen LogP contribution is 2.21. The highest BCUT2D eigenvalue weighted by Gasteiger charge is 2.16. The molecular formula is C16H20N2O4S2. The van der Waals surface area contributed by atoms with Crippen LogP contribution in [0.15, 0.2) is 40.6 Å². The first-order valence-corrected chi connectivity index (χ1v) is 9.60. The third-order valence-corrected chi connectivity index (χ3v) is 6.16. The SMILES string of the molecule is COCc1cccc(CNS(=O)(=O)c2ccc(CNC(C)=O)s2)c1. The molecule has 0 spiro atoms. The summed E-state index contributed by atoms with van der Waals surface area (Å²) in [7, 11) is -1.96. The molecule has 0 aliphatic heterocycles. The van der Waals surface area contributed by atoms with Crippen LogP contribution in [0.4, 0.5) is 0 Å². The van der Waals surface area contributed by atoms with E-state index in [1.165, 1.54) is 6.92 Å². The van der Waals surface area contributed by atoms with Gasteiger partial charge in [0.2, 0.25) is 15.9 Å². The number of carbonyl (C=O) groups is 1. The Labute approximate surface area is 145 Å². The topological polar surface area (TPSA) is 84.5 Å². The van der Waals surface area contributed by atoms with Gasteiger partial charge < -0.3 is 10.1 Å². The van der Waals surface area contributed by atoms with Gasteiger partial charge in [-0.05, 0) is 23.3 Å². The number of sulfonamides is 1. The van der Waals surface area contributed by atoms with Crippen LogP contribution >= 0.6 is 11.3 Å². The third-order valence-electron chi connectivity index (χ3n) is 3.18. The van der Waals surface area contributed by atoms with E-state index in [1.807, 2.05) is 24.3 Å². The smallest absolute Gasteiger partial charge is 0.250 e. The van der Waals surface area contributed by atoms with E-state index in [1.54, 1.807) is 19.2 Å². The largest absolute Gasteiger partial charge is 0.380 e. The van der Waals surface area contributed by atoms with Crippen LogP contribution in [-0.2, 0) is 39.3 Å². The second-order valence-electron chi connectivity index (χ2n) is 5.21. The Morgan fingerprint density at radius 3 is 2.62 bits per heavy atom. The Morgan fingerprint density at radius 1 is 1.17 bits per heavy atom. The number of amides is 1. The molecule has 0 saturated heterocycles. The maximum Gasteiger partial charge on any atom is 0.250 e. The first-order chi connectivity index (χ1) is 11.4. The molecule has 0 atom stereocenters. The monoisotopic (exact) mass is 368 g/mol. The normalized spacial score (nSPS) is 11.4. The Hall–Kier alpha value is -1.74. The summed E-state index contributed by atoms with van der Waals surface area (Å²) in [4.78, 5) is 11.7. The summed E-state index contributed by atoms with van der Waals surface area (Å²) in [6.45, 7) is 2.44. The Balaban J connectivity index is 2.00. The van der Waals surface area contributed by atoms with Crippen molar-refractivity contribution in [2.75, 3.05) is 7.11 Å². The summed E-state index contributed by atoms with van der Waals surface area (Å²) < 4.78 is 32.6. The fourth-order valence-corrected chi connectivity index (χ4v) is 4.41. The molecule has 1 amide bonds. The molecule has 24 heavy (non-hydrogen) atoms. The zero-order valence-corrected chi connectivity index (χ0v) is 15.2. The van der Waals surface area contributed by atoms with Crippen molar-refractivity contribution in [1.82, 2.24) is 10.0 Å². The zero-order chi connectivity index (χ0) is 17.6. The van der Waals surface area contributed by atoms with Crippen molar-refractivity contribution in [1.29, 1.82) is 0 Å². The van der Waals surface area contributed by atoms with Crippen LogP contribution in [0.5, 0.6) is 0 Å². The van der Waals surface area contributed by atoms with E-state index in [0.717, 1.165) is 27.3 Å². The van der Waals surface area contributed by atoms with Crippen molar-refractivity contribution >= 4 is 27.3 Å². The molecule has 1 aromatic heterocycles. The molecule has 0 saturated carbocycles. The van der Waals surface area contributed by atoms with Gasteiger partial charge in [0.15, 0.2) is 0 Å². The van der Waals surface area contributed by atoms with Crippen molar-refractivity contribution in [3.63, 3.8) is 0 Å². The van der Waals surface area contributed by atoms with Gasteiger partial charge in [-0.3, -0.25) is 4.79 Å². The lowest BCUT2D eigenvalue weighted by molar-refractivity contribution is -0.119. The molecule has 130 valence electrons. The predicted molar refractivity (Wildman–Crippen MR) is 93.0 cm³/mol. The van der Waals surface area contributed by atoms with E-state index < -0.39 is 10.0 Å². The molecule has 2 aromatic rings. The van der Waals surface area contributed by atoms with Crippen molar-refractivity contribution in [3.05, 3.63) is 52.4 Å². The summed E-state index contributed by atoms with van der Waals surface area (Å²) in [6, 6.07) is 10.8. The van der Waals surface area contributed by atoms with Crippen LogP contribution in [0.2, 0.25) is 0 Å². The van der Waals surface area contributed by atoms with Gasteiger partial charge in [-0.25, -0.2) is 13.1 Å². The second kappa shape index (κ2) is 8.39. The van der Waals surface area contributed by atoms with Gasteiger partial charge in [0.25, 0.3) is 0 Å². The molecule has 2 N–H and O–H groups in total. The number of carbonyl (C=O) groups excluding carboxylic acids is 1. The van der Waals surface area contributed by atoms with Gasteiger partial charge >= 0.3 is 0 Å². The summed E-state index contributed by atoms with van der Waals surface area (Å²) in [5.41, 5.74) is 1.85. The highest BCUT2D eigenvalue weighted by molar-refractivity contribution is 7.91. The Bertz CT molecular complexity index is 800. The van der Waals surface area contributed by atoms with Gasteiger partial charge in [-0.15, -0.1) is 11.3 Å². The first kappa shape index (κ1) is 18.6. The van der Waals surface area contributed by atoms with E-state index >= 15 is 0 Å². The van der Waals surface area contributed by atoms with Crippen LogP contribution in [0.1, 0.15) is 22.9 Å². The molecule has 0 radical (unpaired) electrons. The maximum absolute atomic E-state index is 12.4. The number of thiophene rings is 1. The summed E-state index contributed by atoms with van der Waals surface area (Å²) in [6.07, 6.45) is 0. The minimum Gasteiger partial charge on any atom is -0.380 e. The maximum atomic E-state index is 12.4. The number of hydrogen-bond acceptors (Lipinski definition) is 5. The number of hydrogen-bond donors (Lipinski definition) is 2. The van der Waals surface area contributed by atoms with Crippen molar-refractivity contribution < 1.29 is 17.9 Å². The van der Waals surface area contributed by atoms with Crippen molar-refractivity contribution in [2.24, 2.45) is 0 Å². The minimum absolute atomic E-state index is 0.151. The molecule has 0 unspecified atom stereocenters.